The zero-order valence-corrected chi connectivity index (χ0v) is 13.6. The molecule has 0 bridgehead atoms. The summed E-state index contributed by atoms with van der Waals surface area (Å²) in [5, 5.41) is 13.9. The first kappa shape index (κ1) is 17.9. The van der Waals surface area contributed by atoms with E-state index in [0.717, 1.165) is 12.1 Å². The molecule has 1 heterocycles. The lowest BCUT2D eigenvalue weighted by Gasteiger charge is -2.09. The van der Waals surface area contributed by atoms with E-state index in [1.807, 2.05) is 6.07 Å². The summed E-state index contributed by atoms with van der Waals surface area (Å²) < 4.78 is 39.9. The van der Waals surface area contributed by atoms with Crippen LogP contribution in [0.5, 0.6) is 0 Å². The number of hydrogen-bond acceptors (Lipinski definition) is 4. The van der Waals surface area contributed by atoms with Gasteiger partial charge in [0.15, 0.2) is 17.5 Å². The van der Waals surface area contributed by atoms with Crippen LogP contribution in [0.3, 0.4) is 0 Å². The third-order valence-corrected chi connectivity index (χ3v) is 3.58. The third kappa shape index (κ3) is 4.04. The van der Waals surface area contributed by atoms with Crippen molar-refractivity contribution < 1.29 is 18.0 Å². The van der Waals surface area contributed by atoms with Crippen LogP contribution >= 0.6 is 0 Å². The second-order valence-corrected chi connectivity index (χ2v) is 5.42. The molecular formula is C19H11F3N4O. The molecule has 2 aromatic carbocycles. The average Bonchev–Trinajstić information content (AvgIpc) is 2.69. The number of amides is 1. The van der Waals surface area contributed by atoms with E-state index in [4.69, 9.17) is 5.26 Å². The molecule has 0 aliphatic carbocycles. The molecule has 8 heteroatoms. The second kappa shape index (κ2) is 7.58. The highest BCUT2D eigenvalue weighted by atomic mass is 19.2. The molecule has 0 aliphatic heterocycles. The number of rotatable bonds is 4. The maximum absolute atomic E-state index is 13.7. The summed E-state index contributed by atoms with van der Waals surface area (Å²) in [6.45, 7) is 0. The minimum Gasteiger partial charge on any atom is -0.352 e. The maximum Gasteiger partial charge on any atom is 0.274 e. The smallest absolute Gasteiger partial charge is 0.274 e. The van der Waals surface area contributed by atoms with Crippen molar-refractivity contribution in [2.24, 2.45) is 0 Å². The van der Waals surface area contributed by atoms with E-state index in [9.17, 15) is 18.0 Å². The Kier molecular flexibility index (Phi) is 5.04. The van der Waals surface area contributed by atoms with E-state index in [-0.39, 0.29) is 17.1 Å². The van der Waals surface area contributed by atoms with Crippen molar-refractivity contribution in [1.29, 1.82) is 5.26 Å². The van der Waals surface area contributed by atoms with Crippen LogP contribution in [0.4, 0.5) is 30.2 Å². The lowest BCUT2D eigenvalue weighted by molar-refractivity contribution is 0.102. The predicted molar refractivity (Wildman–Crippen MR) is 92.9 cm³/mol. The van der Waals surface area contributed by atoms with Crippen molar-refractivity contribution in [3.63, 3.8) is 0 Å². The van der Waals surface area contributed by atoms with Crippen LogP contribution in [0.1, 0.15) is 16.1 Å². The molecule has 1 aromatic heterocycles. The molecular weight excluding hydrogens is 357 g/mol. The van der Waals surface area contributed by atoms with Crippen LogP contribution in [0.15, 0.2) is 54.7 Å². The average molecular weight is 368 g/mol. The van der Waals surface area contributed by atoms with E-state index in [1.165, 1.54) is 18.3 Å². The van der Waals surface area contributed by atoms with Gasteiger partial charge in [0, 0.05) is 5.69 Å². The number of anilines is 3. The Labute approximate surface area is 152 Å². The molecule has 5 nitrogen and oxygen atoms in total. The van der Waals surface area contributed by atoms with Crippen molar-refractivity contribution in [3.05, 3.63) is 83.4 Å². The van der Waals surface area contributed by atoms with Gasteiger partial charge in [-0.3, -0.25) is 4.79 Å². The van der Waals surface area contributed by atoms with Crippen molar-refractivity contribution in [2.75, 3.05) is 10.6 Å². The van der Waals surface area contributed by atoms with Crippen LogP contribution in [-0.4, -0.2) is 10.9 Å². The summed E-state index contributed by atoms with van der Waals surface area (Å²) in [6, 6.07) is 12.9. The monoisotopic (exact) mass is 368 g/mol. The number of nitrogens with zero attached hydrogens (tertiary/aromatic N) is 2. The van der Waals surface area contributed by atoms with E-state index in [2.05, 4.69) is 15.6 Å². The van der Waals surface area contributed by atoms with Crippen LogP contribution in [-0.2, 0) is 0 Å². The molecule has 2 N–H and O–H groups in total. The second-order valence-electron chi connectivity index (χ2n) is 5.42. The number of nitrogens with one attached hydrogen (secondary N) is 2. The standard InChI is InChI=1S/C19H11F3N4O/c20-14-6-8-15(18(22)17(14)21)25-13-5-7-16(24-10-13)19(27)26-12-3-1-11(9-23)2-4-12/h1-8,10,25H,(H,26,27). The highest BCUT2D eigenvalue weighted by Crippen LogP contribution is 2.23. The van der Waals surface area contributed by atoms with Gasteiger partial charge in [0.25, 0.3) is 5.91 Å². The van der Waals surface area contributed by atoms with Crippen LogP contribution < -0.4 is 10.6 Å². The quantitative estimate of drug-likeness (QED) is 0.671. The minimum absolute atomic E-state index is 0.0932. The lowest BCUT2D eigenvalue weighted by Crippen LogP contribution is -2.13. The molecule has 0 spiro atoms. The zero-order valence-electron chi connectivity index (χ0n) is 13.6. The summed E-state index contributed by atoms with van der Waals surface area (Å²) in [7, 11) is 0. The molecule has 3 rings (SSSR count). The number of nitriles is 1. The summed E-state index contributed by atoms with van der Waals surface area (Å²) in [6.07, 6.45) is 1.26. The number of hydrogen-bond donors (Lipinski definition) is 2. The molecule has 134 valence electrons. The largest absolute Gasteiger partial charge is 0.352 e. The Morgan fingerprint density at radius 3 is 2.26 bits per heavy atom. The van der Waals surface area contributed by atoms with Crippen molar-refractivity contribution >= 4 is 23.0 Å². The van der Waals surface area contributed by atoms with Gasteiger partial charge in [-0.1, -0.05) is 0 Å². The van der Waals surface area contributed by atoms with Crippen LogP contribution in [0, 0.1) is 28.8 Å². The van der Waals surface area contributed by atoms with Crippen molar-refractivity contribution in [2.45, 2.75) is 0 Å². The maximum atomic E-state index is 13.7. The van der Waals surface area contributed by atoms with Gasteiger partial charge in [-0.15, -0.1) is 0 Å². The molecule has 0 atom stereocenters. The first-order valence-corrected chi connectivity index (χ1v) is 7.66. The van der Waals surface area contributed by atoms with Crippen molar-refractivity contribution in [1.82, 2.24) is 4.98 Å². The van der Waals surface area contributed by atoms with Gasteiger partial charge in [-0.05, 0) is 48.5 Å². The van der Waals surface area contributed by atoms with E-state index in [0.29, 0.717) is 11.3 Å². The van der Waals surface area contributed by atoms with Crippen molar-refractivity contribution in [3.8, 4) is 6.07 Å². The fraction of sp³-hybridized carbons (Fsp3) is 0. The highest BCUT2D eigenvalue weighted by Gasteiger charge is 2.14. The molecule has 0 unspecified atom stereocenters. The topological polar surface area (TPSA) is 77.8 Å². The SMILES string of the molecule is N#Cc1ccc(NC(=O)c2ccc(Nc3ccc(F)c(F)c3F)cn2)cc1. The Balaban J connectivity index is 1.70. The number of aromatic nitrogens is 1. The molecule has 0 radical (unpaired) electrons. The molecule has 0 aliphatic rings. The predicted octanol–water partition coefficient (Wildman–Crippen LogP) is 4.37. The number of carbonyl (C=O) groups is 1. The summed E-state index contributed by atoms with van der Waals surface area (Å²) in [5.41, 5.74) is 1.08. The molecule has 3 aromatic rings. The number of benzene rings is 2. The van der Waals surface area contributed by atoms with Crippen LogP contribution in [0.2, 0.25) is 0 Å². The number of carbonyl (C=O) groups excluding carboxylic acids is 1. The summed E-state index contributed by atoms with van der Waals surface area (Å²) >= 11 is 0. The highest BCUT2D eigenvalue weighted by molar-refractivity contribution is 6.03. The van der Waals surface area contributed by atoms with Crippen LogP contribution in [0.25, 0.3) is 0 Å². The van der Waals surface area contributed by atoms with Gasteiger partial charge in [0.05, 0.1) is 29.2 Å². The van der Waals surface area contributed by atoms with Gasteiger partial charge in [-0.2, -0.15) is 5.26 Å². The molecule has 1 amide bonds. The van der Waals surface area contributed by atoms with Gasteiger partial charge in [-0.25, -0.2) is 18.2 Å². The van der Waals surface area contributed by atoms with Gasteiger partial charge < -0.3 is 10.6 Å². The molecule has 0 fully saturated rings. The van der Waals surface area contributed by atoms with Gasteiger partial charge in [0.1, 0.15) is 5.69 Å². The van der Waals surface area contributed by atoms with E-state index >= 15 is 0 Å². The van der Waals surface area contributed by atoms with Gasteiger partial charge in [0.2, 0.25) is 0 Å². The zero-order chi connectivity index (χ0) is 19.4. The minimum atomic E-state index is -1.58. The number of pyridine rings is 1. The normalized spacial score (nSPS) is 10.1. The first-order valence-electron chi connectivity index (χ1n) is 7.66. The Bertz CT molecular complexity index is 1030. The Morgan fingerprint density at radius 2 is 1.63 bits per heavy atom. The Hall–Kier alpha value is -3.86. The molecule has 0 saturated heterocycles. The van der Waals surface area contributed by atoms with Gasteiger partial charge >= 0.3 is 0 Å². The fourth-order valence-corrected chi connectivity index (χ4v) is 2.20. The molecule has 0 saturated carbocycles. The Morgan fingerprint density at radius 1 is 0.926 bits per heavy atom. The summed E-state index contributed by atoms with van der Waals surface area (Å²) in [4.78, 5) is 16.1. The number of halogens is 3. The van der Waals surface area contributed by atoms with E-state index in [1.54, 1.807) is 24.3 Å². The third-order valence-electron chi connectivity index (χ3n) is 3.58. The van der Waals surface area contributed by atoms with E-state index < -0.39 is 23.4 Å². The summed E-state index contributed by atoms with van der Waals surface area (Å²) in [5.74, 6) is -4.69. The first-order chi connectivity index (χ1) is 13.0. The lowest BCUT2D eigenvalue weighted by atomic mass is 10.2. The fourth-order valence-electron chi connectivity index (χ4n) is 2.20. The molecule has 27 heavy (non-hydrogen) atoms.